The fraction of sp³-hybridized carbons (Fsp3) is 0.438. The van der Waals surface area contributed by atoms with Gasteiger partial charge in [-0.3, -0.25) is 9.59 Å². The third-order valence-electron chi connectivity index (χ3n) is 4.24. The first-order valence-corrected chi connectivity index (χ1v) is 12.0. The van der Waals surface area contributed by atoms with Gasteiger partial charge in [-0.25, -0.2) is 8.42 Å². The van der Waals surface area contributed by atoms with Crippen LogP contribution in [-0.2, 0) is 19.4 Å². The number of carboxylic acid groups (broad SMARTS) is 1. The number of sulfone groups is 1. The van der Waals surface area contributed by atoms with Gasteiger partial charge in [-0.15, -0.1) is 0 Å². The van der Waals surface area contributed by atoms with Crippen LogP contribution in [0, 0.1) is 0 Å². The highest BCUT2D eigenvalue weighted by atomic mass is 79.9. The van der Waals surface area contributed by atoms with E-state index in [0.717, 1.165) is 4.47 Å². The average Bonchev–Trinajstić information content (AvgIpc) is 2.98. The molecule has 0 spiro atoms. The van der Waals surface area contributed by atoms with E-state index in [9.17, 15) is 18.0 Å². The maximum absolute atomic E-state index is 12.2. The molecule has 2 saturated heterocycles. The van der Waals surface area contributed by atoms with Gasteiger partial charge in [-0.05, 0) is 24.6 Å². The third kappa shape index (κ3) is 4.85. The highest BCUT2D eigenvalue weighted by molar-refractivity contribution is 9.10. The number of amidine groups is 1. The van der Waals surface area contributed by atoms with E-state index >= 15 is 0 Å². The summed E-state index contributed by atoms with van der Waals surface area (Å²) >= 11 is 11.0. The second kappa shape index (κ2) is 8.10. The van der Waals surface area contributed by atoms with Gasteiger partial charge in [-0.1, -0.05) is 39.3 Å². The molecule has 2 aliphatic rings. The molecule has 7 nitrogen and oxygen atoms in total. The molecule has 1 aromatic rings. The van der Waals surface area contributed by atoms with Crippen LogP contribution in [0.2, 0.25) is 5.02 Å². The molecule has 2 atom stereocenters. The first kappa shape index (κ1) is 20.6. The van der Waals surface area contributed by atoms with Crippen LogP contribution >= 0.6 is 39.3 Å². The third-order valence-corrected chi connectivity index (χ3v) is 8.24. The molecule has 3 rings (SSSR count). The van der Waals surface area contributed by atoms with E-state index < -0.39 is 21.7 Å². The van der Waals surface area contributed by atoms with Gasteiger partial charge in [0.15, 0.2) is 15.0 Å². The average molecular weight is 496 g/mol. The van der Waals surface area contributed by atoms with Crippen LogP contribution in [0.3, 0.4) is 0 Å². The molecule has 0 saturated carbocycles. The van der Waals surface area contributed by atoms with E-state index in [4.69, 9.17) is 16.7 Å². The Morgan fingerprint density at radius 1 is 1.33 bits per heavy atom. The van der Waals surface area contributed by atoms with Gasteiger partial charge in [0.1, 0.15) is 0 Å². The number of amides is 1. The lowest BCUT2D eigenvalue weighted by molar-refractivity contribution is -0.137. The lowest BCUT2D eigenvalue weighted by Gasteiger charge is -2.25. The van der Waals surface area contributed by atoms with Crippen LogP contribution in [-0.4, -0.2) is 53.4 Å². The van der Waals surface area contributed by atoms with Crippen molar-refractivity contribution in [3.63, 3.8) is 0 Å². The number of carbonyl (C=O) groups excluding carboxylic acids is 1. The molecule has 146 valence electrons. The van der Waals surface area contributed by atoms with Gasteiger partial charge >= 0.3 is 5.97 Å². The standard InChI is InChI=1S/C16H16BrClN2O5S2/c17-9-4-5-11(10(18)6-9)20-12-7-27(24,25)8-13(12)26-16(20)19-14(21)2-1-3-15(22)23/h4-6,12-13H,1-3,7-8H2,(H,22,23)/t12-,13-/m0/s1. The summed E-state index contributed by atoms with van der Waals surface area (Å²) in [6.45, 7) is 0. The number of nitrogens with zero attached hydrogens (tertiary/aromatic N) is 2. The van der Waals surface area contributed by atoms with Crippen LogP contribution in [0.4, 0.5) is 5.69 Å². The Kier molecular flexibility index (Phi) is 6.19. The smallest absolute Gasteiger partial charge is 0.303 e. The molecule has 0 bridgehead atoms. The summed E-state index contributed by atoms with van der Waals surface area (Å²) in [6, 6.07) is 4.90. The number of hydrogen-bond acceptors (Lipinski definition) is 5. The van der Waals surface area contributed by atoms with Crippen molar-refractivity contribution in [2.24, 2.45) is 4.99 Å². The minimum atomic E-state index is -3.16. The molecule has 0 aliphatic carbocycles. The molecule has 0 radical (unpaired) electrons. The summed E-state index contributed by atoms with van der Waals surface area (Å²) in [5.41, 5.74) is 0.592. The molecule has 1 amide bonds. The number of aliphatic carboxylic acids is 1. The Morgan fingerprint density at radius 3 is 2.74 bits per heavy atom. The zero-order valence-electron chi connectivity index (χ0n) is 14.0. The number of carbonyl (C=O) groups is 2. The normalized spacial score (nSPS) is 25.0. The summed E-state index contributed by atoms with van der Waals surface area (Å²) in [4.78, 5) is 28.6. The lowest BCUT2D eigenvalue weighted by atomic mass is 10.2. The van der Waals surface area contributed by atoms with Crippen molar-refractivity contribution in [3.8, 4) is 0 Å². The maximum Gasteiger partial charge on any atom is 0.303 e. The Hall–Kier alpha value is -1.10. The molecule has 2 aliphatic heterocycles. The second-order valence-electron chi connectivity index (χ2n) is 6.30. The Bertz CT molecular complexity index is 921. The largest absolute Gasteiger partial charge is 0.481 e. The number of rotatable bonds is 5. The highest BCUT2D eigenvalue weighted by Crippen LogP contribution is 2.43. The van der Waals surface area contributed by atoms with Gasteiger partial charge in [-0.2, -0.15) is 4.99 Å². The predicted molar refractivity (Wildman–Crippen MR) is 109 cm³/mol. The van der Waals surface area contributed by atoms with E-state index in [-0.39, 0.29) is 42.1 Å². The zero-order chi connectivity index (χ0) is 19.8. The molecule has 11 heteroatoms. The van der Waals surface area contributed by atoms with E-state index in [1.165, 1.54) is 11.8 Å². The van der Waals surface area contributed by atoms with E-state index in [1.807, 2.05) is 0 Å². The number of aliphatic imine (C=N–C) groups is 1. The molecular formula is C16H16BrClN2O5S2. The fourth-order valence-electron chi connectivity index (χ4n) is 3.08. The number of hydrogen-bond donors (Lipinski definition) is 1. The van der Waals surface area contributed by atoms with Crippen molar-refractivity contribution in [3.05, 3.63) is 27.7 Å². The van der Waals surface area contributed by atoms with Crippen molar-refractivity contribution in [1.29, 1.82) is 0 Å². The van der Waals surface area contributed by atoms with Crippen LogP contribution in [0.1, 0.15) is 19.3 Å². The van der Waals surface area contributed by atoms with E-state index in [0.29, 0.717) is 15.9 Å². The molecular weight excluding hydrogens is 480 g/mol. The summed E-state index contributed by atoms with van der Waals surface area (Å²) < 4.78 is 24.9. The molecule has 0 aromatic heterocycles. The SMILES string of the molecule is O=C(O)CCCC(=O)N=C1S[C@H]2CS(=O)(=O)C[C@@H]2N1c1ccc(Br)cc1Cl. The number of benzene rings is 1. The van der Waals surface area contributed by atoms with Gasteiger partial charge < -0.3 is 10.0 Å². The van der Waals surface area contributed by atoms with Crippen LogP contribution in [0.15, 0.2) is 27.7 Å². The van der Waals surface area contributed by atoms with Gasteiger partial charge in [0.05, 0.1) is 28.3 Å². The molecule has 2 fully saturated rings. The van der Waals surface area contributed by atoms with Crippen molar-refractivity contribution in [1.82, 2.24) is 0 Å². The first-order valence-electron chi connectivity index (χ1n) is 8.11. The number of halogens is 2. The Balaban J connectivity index is 1.89. The van der Waals surface area contributed by atoms with Gasteiger partial charge in [0.25, 0.3) is 0 Å². The number of carboxylic acids is 1. The second-order valence-corrected chi connectivity index (χ2v) is 11.0. The number of fused-ring (bicyclic) bond motifs is 1. The summed E-state index contributed by atoms with van der Waals surface area (Å²) in [6.07, 6.45) is 0.122. The van der Waals surface area contributed by atoms with Crippen molar-refractivity contribution >= 4 is 71.9 Å². The first-order chi connectivity index (χ1) is 12.7. The molecule has 27 heavy (non-hydrogen) atoms. The van der Waals surface area contributed by atoms with Gasteiger partial charge in [0.2, 0.25) is 5.91 Å². The summed E-state index contributed by atoms with van der Waals surface area (Å²) in [5, 5.41) is 9.28. The summed E-state index contributed by atoms with van der Waals surface area (Å²) in [7, 11) is -3.16. The molecule has 0 unspecified atom stereocenters. The Labute approximate surface area is 174 Å². The van der Waals surface area contributed by atoms with E-state index in [2.05, 4.69) is 20.9 Å². The van der Waals surface area contributed by atoms with Crippen LogP contribution in [0.25, 0.3) is 0 Å². The number of thioether (sulfide) groups is 1. The minimum absolute atomic E-state index is 0.0197. The quantitative estimate of drug-likeness (QED) is 0.669. The zero-order valence-corrected chi connectivity index (χ0v) is 17.9. The monoisotopic (exact) mass is 494 g/mol. The van der Waals surface area contributed by atoms with Gasteiger partial charge in [0, 0.05) is 22.6 Å². The topological polar surface area (TPSA) is 104 Å². The van der Waals surface area contributed by atoms with Crippen molar-refractivity contribution < 1.29 is 23.1 Å². The molecule has 2 heterocycles. The van der Waals surface area contributed by atoms with Crippen LogP contribution in [0.5, 0.6) is 0 Å². The van der Waals surface area contributed by atoms with Crippen LogP contribution < -0.4 is 4.90 Å². The minimum Gasteiger partial charge on any atom is -0.481 e. The highest BCUT2D eigenvalue weighted by Gasteiger charge is 2.49. The van der Waals surface area contributed by atoms with E-state index in [1.54, 1.807) is 23.1 Å². The number of anilines is 1. The lowest BCUT2D eigenvalue weighted by Crippen LogP contribution is -2.37. The maximum atomic E-state index is 12.2. The molecule has 1 N–H and O–H groups in total. The summed E-state index contributed by atoms with van der Waals surface area (Å²) in [5.74, 6) is -1.39. The predicted octanol–water partition coefficient (Wildman–Crippen LogP) is 2.96. The van der Waals surface area contributed by atoms with Crippen molar-refractivity contribution in [2.45, 2.75) is 30.6 Å². The van der Waals surface area contributed by atoms with Crippen molar-refractivity contribution in [2.75, 3.05) is 16.4 Å². The Morgan fingerprint density at radius 2 is 2.07 bits per heavy atom. The fourth-order valence-corrected chi connectivity index (χ4v) is 7.76. The molecule has 1 aromatic carbocycles.